The Bertz CT molecular complexity index is 557. The molecule has 6 nitrogen and oxygen atoms in total. The molecule has 0 aliphatic heterocycles. The lowest BCUT2D eigenvalue weighted by Gasteiger charge is -2.07. The Kier molecular flexibility index (Phi) is 3.38. The number of methoxy groups -OCH3 is 1. The first-order valence-corrected chi connectivity index (χ1v) is 5.21. The van der Waals surface area contributed by atoms with Gasteiger partial charge in [-0.3, -0.25) is 9.78 Å². The van der Waals surface area contributed by atoms with Crippen LogP contribution in [0.3, 0.4) is 0 Å². The van der Waals surface area contributed by atoms with Crippen molar-refractivity contribution in [3.8, 4) is 5.75 Å². The average molecular weight is 244 g/mol. The summed E-state index contributed by atoms with van der Waals surface area (Å²) < 4.78 is 5.05. The van der Waals surface area contributed by atoms with Crippen molar-refractivity contribution in [3.05, 3.63) is 42.4 Å². The van der Waals surface area contributed by atoms with Gasteiger partial charge in [-0.15, -0.1) is 0 Å². The van der Waals surface area contributed by atoms with Crippen LogP contribution in [-0.2, 0) is 0 Å². The average Bonchev–Trinajstić information content (AvgIpc) is 2.40. The van der Waals surface area contributed by atoms with Crippen LogP contribution in [0.15, 0.2) is 36.8 Å². The van der Waals surface area contributed by atoms with Crippen molar-refractivity contribution in [1.29, 1.82) is 0 Å². The zero-order chi connectivity index (χ0) is 13.0. The third-order valence-corrected chi connectivity index (χ3v) is 2.30. The minimum Gasteiger partial charge on any atom is -0.495 e. The summed E-state index contributed by atoms with van der Waals surface area (Å²) >= 11 is 0. The standard InChI is InChI=1S/C12H12N4O2/c1-18-10-6-8(2-3-9(10)13)12(17)16-11-7-14-4-5-15-11/h2-7H,13H2,1H3,(H,15,16,17). The minimum atomic E-state index is -0.297. The van der Waals surface area contributed by atoms with Gasteiger partial charge in [0.2, 0.25) is 0 Å². The quantitative estimate of drug-likeness (QED) is 0.795. The van der Waals surface area contributed by atoms with Crippen LogP contribution in [0.5, 0.6) is 5.75 Å². The number of amides is 1. The van der Waals surface area contributed by atoms with Gasteiger partial charge in [0.25, 0.3) is 5.91 Å². The van der Waals surface area contributed by atoms with Gasteiger partial charge in [-0.2, -0.15) is 0 Å². The molecule has 0 aliphatic rings. The highest BCUT2D eigenvalue weighted by Gasteiger charge is 2.09. The second-order valence-corrected chi connectivity index (χ2v) is 3.50. The molecule has 1 heterocycles. The van der Waals surface area contributed by atoms with E-state index in [1.807, 2.05) is 0 Å². The first kappa shape index (κ1) is 11.8. The summed E-state index contributed by atoms with van der Waals surface area (Å²) in [6.45, 7) is 0. The zero-order valence-corrected chi connectivity index (χ0v) is 9.75. The van der Waals surface area contributed by atoms with Crippen LogP contribution in [0, 0.1) is 0 Å². The van der Waals surface area contributed by atoms with E-state index in [2.05, 4.69) is 15.3 Å². The van der Waals surface area contributed by atoms with Crippen molar-refractivity contribution in [2.75, 3.05) is 18.2 Å². The number of anilines is 2. The fraction of sp³-hybridized carbons (Fsp3) is 0.0833. The van der Waals surface area contributed by atoms with Gasteiger partial charge in [-0.1, -0.05) is 0 Å². The van der Waals surface area contributed by atoms with Crippen LogP contribution < -0.4 is 15.8 Å². The van der Waals surface area contributed by atoms with Gasteiger partial charge >= 0.3 is 0 Å². The van der Waals surface area contributed by atoms with E-state index >= 15 is 0 Å². The molecule has 3 N–H and O–H groups in total. The van der Waals surface area contributed by atoms with Gasteiger partial charge in [0.1, 0.15) is 5.75 Å². The van der Waals surface area contributed by atoms with Crippen molar-refractivity contribution >= 4 is 17.4 Å². The number of nitrogen functional groups attached to an aromatic ring is 1. The highest BCUT2D eigenvalue weighted by atomic mass is 16.5. The van der Waals surface area contributed by atoms with Crippen LogP contribution in [0.2, 0.25) is 0 Å². The summed E-state index contributed by atoms with van der Waals surface area (Å²) in [7, 11) is 1.50. The molecule has 6 heteroatoms. The van der Waals surface area contributed by atoms with Crippen molar-refractivity contribution in [2.24, 2.45) is 0 Å². The minimum absolute atomic E-state index is 0.297. The number of hydrogen-bond donors (Lipinski definition) is 2. The maximum Gasteiger partial charge on any atom is 0.256 e. The van der Waals surface area contributed by atoms with Gasteiger partial charge < -0.3 is 15.8 Å². The Labute approximate surface area is 104 Å². The highest BCUT2D eigenvalue weighted by molar-refractivity contribution is 6.04. The van der Waals surface area contributed by atoms with Gasteiger partial charge in [0.05, 0.1) is 19.0 Å². The molecule has 0 spiro atoms. The number of rotatable bonds is 3. The summed E-state index contributed by atoms with van der Waals surface area (Å²) in [4.78, 5) is 19.7. The summed E-state index contributed by atoms with van der Waals surface area (Å²) in [6, 6.07) is 4.80. The van der Waals surface area contributed by atoms with Crippen LogP contribution in [0.25, 0.3) is 0 Å². The van der Waals surface area contributed by atoms with E-state index in [-0.39, 0.29) is 5.91 Å². The summed E-state index contributed by atoms with van der Waals surface area (Å²) in [6.07, 6.45) is 4.49. The lowest BCUT2D eigenvalue weighted by atomic mass is 10.2. The van der Waals surface area contributed by atoms with Crippen LogP contribution >= 0.6 is 0 Å². The van der Waals surface area contributed by atoms with Gasteiger partial charge in [0.15, 0.2) is 5.82 Å². The molecule has 1 amide bonds. The van der Waals surface area contributed by atoms with Crippen LogP contribution in [-0.4, -0.2) is 23.0 Å². The molecule has 1 aromatic carbocycles. The topological polar surface area (TPSA) is 90.1 Å². The molecule has 18 heavy (non-hydrogen) atoms. The molecule has 92 valence electrons. The zero-order valence-electron chi connectivity index (χ0n) is 9.75. The van der Waals surface area contributed by atoms with E-state index in [0.29, 0.717) is 22.8 Å². The molecular weight excluding hydrogens is 232 g/mol. The predicted molar refractivity (Wildman–Crippen MR) is 67.4 cm³/mol. The summed E-state index contributed by atoms with van der Waals surface area (Å²) in [5.41, 5.74) is 6.59. The van der Waals surface area contributed by atoms with E-state index in [1.54, 1.807) is 18.2 Å². The van der Waals surface area contributed by atoms with Gasteiger partial charge in [0, 0.05) is 18.0 Å². The second-order valence-electron chi connectivity index (χ2n) is 3.50. The van der Waals surface area contributed by atoms with Crippen LogP contribution in [0.1, 0.15) is 10.4 Å². The number of nitrogens with zero attached hydrogens (tertiary/aromatic N) is 2. The third kappa shape index (κ3) is 2.54. The fourth-order valence-electron chi connectivity index (χ4n) is 1.40. The Morgan fingerprint density at radius 1 is 1.39 bits per heavy atom. The van der Waals surface area contributed by atoms with Gasteiger partial charge in [-0.25, -0.2) is 4.98 Å². The molecule has 0 aliphatic carbocycles. The molecule has 0 saturated carbocycles. The largest absolute Gasteiger partial charge is 0.495 e. The van der Waals surface area contributed by atoms with E-state index < -0.39 is 0 Å². The number of carbonyl (C=O) groups excluding carboxylic acids is 1. The number of benzene rings is 1. The lowest BCUT2D eigenvalue weighted by Crippen LogP contribution is -2.13. The van der Waals surface area contributed by atoms with E-state index in [1.165, 1.54) is 25.7 Å². The van der Waals surface area contributed by atoms with Crippen LogP contribution in [0.4, 0.5) is 11.5 Å². The predicted octanol–water partition coefficient (Wildman–Crippen LogP) is 1.32. The first-order chi connectivity index (χ1) is 8.70. The lowest BCUT2D eigenvalue weighted by molar-refractivity contribution is 0.102. The number of nitrogens with one attached hydrogen (secondary N) is 1. The smallest absolute Gasteiger partial charge is 0.256 e. The summed E-state index contributed by atoms with van der Waals surface area (Å²) in [5.74, 6) is 0.550. The SMILES string of the molecule is COc1cc(C(=O)Nc2cnccn2)ccc1N. The van der Waals surface area contributed by atoms with Crippen molar-refractivity contribution in [2.45, 2.75) is 0 Å². The molecule has 1 aromatic heterocycles. The second kappa shape index (κ2) is 5.13. The highest BCUT2D eigenvalue weighted by Crippen LogP contribution is 2.22. The Hall–Kier alpha value is -2.63. The molecule has 0 fully saturated rings. The number of aromatic nitrogens is 2. The molecular formula is C12H12N4O2. The Morgan fingerprint density at radius 2 is 2.22 bits per heavy atom. The van der Waals surface area contributed by atoms with E-state index in [4.69, 9.17) is 10.5 Å². The maximum absolute atomic E-state index is 11.9. The van der Waals surface area contributed by atoms with Crippen molar-refractivity contribution in [1.82, 2.24) is 9.97 Å². The first-order valence-electron chi connectivity index (χ1n) is 5.21. The fourth-order valence-corrected chi connectivity index (χ4v) is 1.40. The van der Waals surface area contributed by atoms with E-state index in [0.717, 1.165) is 0 Å². The third-order valence-electron chi connectivity index (χ3n) is 2.30. The van der Waals surface area contributed by atoms with Crippen molar-refractivity contribution < 1.29 is 9.53 Å². The molecule has 0 radical (unpaired) electrons. The van der Waals surface area contributed by atoms with Gasteiger partial charge in [-0.05, 0) is 18.2 Å². The van der Waals surface area contributed by atoms with Crippen molar-refractivity contribution in [3.63, 3.8) is 0 Å². The molecule has 0 atom stereocenters. The Morgan fingerprint density at radius 3 is 2.89 bits per heavy atom. The molecule has 0 saturated heterocycles. The number of hydrogen-bond acceptors (Lipinski definition) is 5. The molecule has 2 rings (SSSR count). The summed E-state index contributed by atoms with van der Waals surface area (Å²) in [5, 5.41) is 2.62. The maximum atomic E-state index is 11.9. The monoisotopic (exact) mass is 244 g/mol. The van der Waals surface area contributed by atoms with E-state index in [9.17, 15) is 4.79 Å². The molecule has 2 aromatic rings. The number of ether oxygens (including phenoxy) is 1. The molecule has 0 bridgehead atoms. The molecule has 0 unspecified atom stereocenters. The number of nitrogens with two attached hydrogens (primary N) is 1. The number of carbonyl (C=O) groups is 1. The normalized spacial score (nSPS) is 9.83. The Balaban J connectivity index is 2.19.